The first-order valence-corrected chi connectivity index (χ1v) is 8.71. The molecule has 2 amide bonds. The number of ether oxygens (including phenoxy) is 1. The molecule has 4 rings (SSSR count). The number of fused-ring (bicyclic) bond motifs is 1. The van der Waals surface area contributed by atoms with E-state index in [0.29, 0.717) is 5.82 Å². The van der Waals surface area contributed by atoms with Crippen molar-refractivity contribution in [2.45, 2.75) is 18.9 Å². The number of hydrogen-bond acceptors (Lipinski definition) is 4. The number of amides is 2. The Morgan fingerprint density at radius 2 is 1.80 bits per heavy atom. The summed E-state index contributed by atoms with van der Waals surface area (Å²) in [7, 11) is 0. The maximum absolute atomic E-state index is 12.2. The SMILES string of the molecule is O=C(Nc1ccc(N2CCOCC2)cn1)NC1Cc2ccccc2C1. The van der Waals surface area contributed by atoms with Gasteiger partial charge in [-0.15, -0.1) is 0 Å². The second-order valence-electron chi connectivity index (χ2n) is 6.47. The quantitative estimate of drug-likeness (QED) is 0.900. The smallest absolute Gasteiger partial charge is 0.320 e. The van der Waals surface area contributed by atoms with Gasteiger partial charge in [-0.25, -0.2) is 9.78 Å². The summed E-state index contributed by atoms with van der Waals surface area (Å²) in [5.74, 6) is 0.560. The number of rotatable bonds is 3. The number of anilines is 2. The minimum Gasteiger partial charge on any atom is -0.378 e. The Hall–Kier alpha value is -2.60. The lowest BCUT2D eigenvalue weighted by Crippen LogP contribution is -2.38. The van der Waals surface area contributed by atoms with Crippen LogP contribution in [-0.2, 0) is 17.6 Å². The predicted octanol–water partition coefficient (Wildman–Crippen LogP) is 2.21. The molecule has 2 heterocycles. The van der Waals surface area contributed by atoms with Crippen molar-refractivity contribution in [1.29, 1.82) is 0 Å². The summed E-state index contributed by atoms with van der Waals surface area (Å²) >= 11 is 0. The van der Waals surface area contributed by atoms with Crippen LogP contribution in [0.3, 0.4) is 0 Å². The van der Waals surface area contributed by atoms with Crippen molar-refractivity contribution in [3.8, 4) is 0 Å². The van der Waals surface area contributed by atoms with Gasteiger partial charge >= 0.3 is 6.03 Å². The zero-order valence-electron chi connectivity index (χ0n) is 14.1. The van der Waals surface area contributed by atoms with Crippen LogP contribution in [0.1, 0.15) is 11.1 Å². The number of benzene rings is 1. The summed E-state index contributed by atoms with van der Waals surface area (Å²) in [6, 6.07) is 12.1. The number of hydrogen-bond donors (Lipinski definition) is 2. The molecule has 1 fully saturated rings. The van der Waals surface area contributed by atoms with E-state index in [-0.39, 0.29) is 12.1 Å². The maximum Gasteiger partial charge on any atom is 0.320 e. The molecule has 0 unspecified atom stereocenters. The molecule has 1 aromatic carbocycles. The van der Waals surface area contributed by atoms with E-state index >= 15 is 0 Å². The summed E-state index contributed by atoms with van der Waals surface area (Å²) in [5.41, 5.74) is 3.70. The molecule has 1 aromatic heterocycles. The topological polar surface area (TPSA) is 66.5 Å². The molecule has 25 heavy (non-hydrogen) atoms. The maximum atomic E-state index is 12.2. The number of carbonyl (C=O) groups excluding carboxylic acids is 1. The van der Waals surface area contributed by atoms with Crippen molar-refractivity contribution in [2.24, 2.45) is 0 Å². The third kappa shape index (κ3) is 3.74. The Kier molecular flexibility index (Phi) is 4.52. The summed E-state index contributed by atoms with van der Waals surface area (Å²) in [6.45, 7) is 3.23. The zero-order chi connectivity index (χ0) is 17.1. The molecule has 0 bridgehead atoms. The minimum absolute atomic E-state index is 0.144. The van der Waals surface area contributed by atoms with Crippen LogP contribution in [0.5, 0.6) is 0 Å². The highest BCUT2D eigenvalue weighted by atomic mass is 16.5. The molecule has 1 aliphatic heterocycles. The van der Waals surface area contributed by atoms with Gasteiger partial charge in [0.15, 0.2) is 0 Å². The van der Waals surface area contributed by atoms with Crippen LogP contribution in [0.4, 0.5) is 16.3 Å². The Morgan fingerprint density at radius 3 is 2.44 bits per heavy atom. The lowest BCUT2D eigenvalue weighted by atomic mass is 10.1. The summed E-state index contributed by atoms with van der Waals surface area (Å²) in [5, 5.41) is 5.86. The van der Waals surface area contributed by atoms with Crippen LogP contribution < -0.4 is 15.5 Å². The first-order valence-electron chi connectivity index (χ1n) is 8.71. The monoisotopic (exact) mass is 338 g/mol. The lowest BCUT2D eigenvalue weighted by Gasteiger charge is -2.28. The van der Waals surface area contributed by atoms with Gasteiger partial charge in [0, 0.05) is 19.1 Å². The number of carbonyl (C=O) groups is 1. The van der Waals surface area contributed by atoms with E-state index in [4.69, 9.17) is 4.74 Å². The van der Waals surface area contributed by atoms with Crippen LogP contribution in [0.2, 0.25) is 0 Å². The fourth-order valence-electron chi connectivity index (χ4n) is 3.47. The van der Waals surface area contributed by atoms with Crippen LogP contribution in [0, 0.1) is 0 Å². The molecule has 1 saturated heterocycles. The number of aromatic nitrogens is 1. The van der Waals surface area contributed by atoms with Crippen LogP contribution in [0.25, 0.3) is 0 Å². The number of urea groups is 1. The normalized spacial score (nSPS) is 17.2. The fraction of sp³-hybridized carbons (Fsp3) is 0.368. The minimum atomic E-state index is -0.204. The highest BCUT2D eigenvalue weighted by Crippen LogP contribution is 2.22. The van der Waals surface area contributed by atoms with Crippen molar-refractivity contribution in [1.82, 2.24) is 10.3 Å². The standard InChI is InChI=1S/C19H22N4O2/c24-19(21-16-11-14-3-1-2-4-15(14)12-16)22-18-6-5-17(13-20-18)23-7-9-25-10-8-23/h1-6,13,16H,7-12H2,(H2,20,21,22,24). The van der Waals surface area contributed by atoms with Crippen molar-refractivity contribution in [3.05, 3.63) is 53.7 Å². The number of nitrogens with one attached hydrogen (secondary N) is 2. The van der Waals surface area contributed by atoms with Gasteiger partial charge in [0.2, 0.25) is 0 Å². The lowest BCUT2D eigenvalue weighted by molar-refractivity contribution is 0.122. The zero-order valence-corrected chi connectivity index (χ0v) is 14.1. The highest BCUT2D eigenvalue weighted by Gasteiger charge is 2.22. The summed E-state index contributed by atoms with van der Waals surface area (Å²) in [4.78, 5) is 18.8. The number of morpholine rings is 1. The molecule has 0 radical (unpaired) electrons. The van der Waals surface area contributed by atoms with Crippen LogP contribution in [0.15, 0.2) is 42.6 Å². The first-order chi connectivity index (χ1) is 12.3. The Morgan fingerprint density at radius 1 is 1.08 bits per heavy atom. The molecule has 2 N–H and O–H groups in total. The molecule has 0 saturated carbocycles. The van der Waals surface area contributed by atoms with Gasteiger partial charge in [-0.1, -0.05) is 24.3 Å². The van der Waals surface area contributed by atoms with Crippen LogP contribution in [-0.4, -0.2) is 43.4 Å². The second-order valence-corrected chi connectivity index (χ2v) is 6.47. The van der Waals surface area contributed by atoms with Crippen LogP contribution >= 0.6 is 0 Å². The third-order valence-corrected chi connectivity index (χ3v) is 4.75. The van der Waals surface area contributed by atoms with Gasteiger partial charge in [-0.3, -0.25) is 5.32 Å². The average Bonchev–Trinajstić information content (AvgIpc) is 3.05. The summed E-state index contributed by atoms with van der Waals surface area (Å²) in [6.07, 6.45) is 3.56. The van der Waals surface area contributed by atoms with Gasteiger partial charge < -0.3 is 15.0 Å². The highest BCUT2D eigenvalue weighted by molar-refractivity contribution is 5.88. The molecular weight excluding hydrogens is 316 g/mol. The van der Waals surface area contributed by atoms with E-state index in [1.54, 1.807) is 6.20 Å². The van der Waals surface area contributed by atoms with E-state index in [9.17, 15) is 4.79 Å². The van der Waals surface area contributed by atoms with Gasteiger partial charge in [0.05, 0.1) is 25.1 Å². The molecule has 0 atom stereocenters. The first kappa shape index (κ1) is 15.9. The van der Waals surface area contributed by atoms with Crippen molar-refractivity contribution >= 4 is 17.5 Å². The molecule has 6 nitrogen and oxygen atoms in total. The van der Waals surface area contributed by atoms with Gasteiger partial charge in [0.25, 0.3) is 0 Å². The number of nitrogens with zero attached hydrogens (tertiary/aromatic N) is 2. The second kappa shape index (κ2) is 7.11. The molecule has 0 spiro atoms. The molecule has 2 aliphatic rings. The van der Waals surface area contributed by atoms with Gasteiger partial charge in [0.1, 0.15) is 5.82 Å². The van der Waals surface area contributed by atoms with E-state index < -0.39 is 0 Å². The van der Waals surface area contributed by atoms with Gasteiger partial charge in [-0.05, 0) is 36.1 Å². The molecular formula is C19H22N4O2. The van der Waals surface area contributed by atoms with E-state index in [2.05, 4.69) is 32.7 Å². The largest absolute Gasteiger partial charge is 0.378 e. The van der Waals surface area contributed by atoms with E-state index in [1.165, 1.54) is 11.1 Å². The summed E-state index contributed by atoms with van der Waals surface area (Å²) < 4.78 is 5.36. The molecule has 2 aromatic rings. The fourth-order valence-corrected chi connectivity index (χ4v) is 3.47. The Labute approximate surface area is 147 Å². The molecule has 6 heteroatoms. The predicted molar refractivity (Wildman–Crippen MR) is 97.1 cm³/mol. The third-order valence-electron chi connectivity index (χ3n) is 4.75. The Balaban J connectivity index is 1.31. The average molecular weight is 338 g/mol. The Bertz CT molecular complexity index is 716. The molecule has 130 valence electrons. The van der Waals surface area contributed by atoms with Crippen molar-refractivity contribution < 1.29 is 9.53 Å². The van der Waals surface area contributed by atoms with Gasteiger partial charge in [-0.2, -0.15) is 0 Å². The van der Waals surface area contributed by atoms with Crippen molar-refractivity contribution in [2.75, 3.05) is 36.5 Å². The van der Waals surface area contributed by atoms with E-state index in [0.717, 1.165) is 44.8 Å². The molecule has 1 aliphatic carbocycles. The van der Waals surface area contributed by atoms with Crippen molar-refractivity contribution in [3.63, 3.8) is 0 Å². The number of pyridine rings is 1. The van der Waals surface area contributed by atoms with E-state index in [1.807, 2.05) is 24.3 Å².